The van der Waals surface area contributed by atoms with Gasteiger partial charge in [-0.3, -0.25) is 0 Å². The van der Waals surface area contributed by atoms with Crippen molar-refractivity contribution in [2.24, 2.45) is 0 Å². The highest BCUT2D eigenvalue weighted by molar-refractivity contribution is 6.28. The number of halogens is 7. The van der Waals surface area contributed by atoms with E-state index in [4.69, 9.17) is 11.6 Å². The largest absolute Gasteiger partial charge is 0.416 e. The van der Waals surface area contributed by atoms with Crippen LogP contribution in [0.1, 0.15) is 16.7 Å². The van der Waals surface area contributed by atoms with Crippen molar-refractivity contribution < 1.29 is 26.3 Å². The van der Waals surface area contributed by atoms with Gasteiger partial charge < -0.3 is 0 Å². The second-order valence-corrected chi connectivity index (χ2v) is 6.41. The van der Waals surface area contributed by atoms with Crippen LogP contribution in [0.25, 0.3) is 22.5 Å². The molecule has 0 N–H and O–H groups in total. The van der Waals surface area contributed by atoms with Gasteiger partial charge in [0, 0.05) is 11.1 Å². The minimum atomic E-state index is -4.95. The molecule has 0 amide bonds. The number of hydrogen-bond donors (Lipinski definition) is 0. The first-order valence-electron chi connectivity index (χ1n) is 7.85. The van der Waals surface area contributed by atoms with Gasteiger partial charge in [0.2, 0.25) is 5.28 Å². The second-order valence-electron chi connectivity index (χ2n) is 6.07. The molecule has 0 aliphatic carbocycles. The molecule has 9 heteroatoms. The maximum Gasteiger partial charge on any atom is 0.416 e. The topological polar surface area (TPSA) is 25.8 Å². The van der Waals surface area contributed by atoms with Gasteiger partial charge in [0.25, 0.3) is 0 Å². The molecule has 3 rings (SSSR count). The number of benzene rings is 2. The third kappa shape index (κ3) is 4.44. The lowest BCUT2D eigenvalue weighted by molar-refractivity contribution is -0.143. The van der Waals surface area contributed by atoms with Crippen LogP contribution < -0.4 is 0 Å². The van der Waals surface area contributed by atoms with E-state index in [0.29, 0.717) is 17.7 Å². The average molecular weight is 417 g/mol. The van der Waals surface area contributed by atoms with E-state index in [1.807, 2.05) is 13.0 Å². The van der Waals surface area contributed by atoms with Crippen molar-refractivity contribution in [2.45, 2.75) is 19.3 Å². The van der Waals surface area contributed by atoms with Crippen molar-refractivity contribution in [3.63, 3.8) is 0 Å². The highest BCUT2D eigenvalue weighted by atomic mass is 35.5. The van der Waals surface area contributed by atoms with E-state index in [-0.39, 0.29) is 28.3 Å². The predicted molar refractivity (Wildman–Crippen MR) is 92.7 cm³/mol. The van der Waals surface area contributed by atoms with Crippen molar-refractivity contribution in [3.8, 4) is 22.5 Å². The van der Waals surface area contributed by atoms with Crippen molar-refractivity contribution in [2.75, 3.05) is 0 Å². The van der Waals surface area contributed by atoms with E-state index in [1.54, 1.807) is 18.2 Å². The minimum Gasteiger partial charge on any atom is -0.218 e. The Kier molecular flexibility index (Phi) is 5.10. The van der Waals surface area contributed by atoms with Gasteiger partial charge in [-0.2, -0.15) is 26.3 Å². The van der Waals surface area contributed by atoms with Gasteiger partial charge in [0.1, 0.15) is 0 Å². The summed E-state index contributed by atoms with van der Waals surface area (Å²) >= 11 is 5.88. The first kappa shape index (κ1) is 20.1. The molecule has 1 heterocycles. The molecule has 1 aromatic heterocycles. The molecule has 0 saturated heterocycles. The summed E-state index contributed by atoms with van der Waals surface area (Å²) in [7, 11) is 0. The summed E-state index contributed by atoms with van der Waals surface area (Å²) in [4.78, 5) is 7.84. The summed E-state index contributed by atoms with van der Waals surface area (Å²) in [5, 5.41) is -0.292. The fourth-order valence-corrected chi connectivity index (χ4v) is 2.80. The number of aryl methyl sites for hydroxylation is 1. The SMILES string of the molecule is Cc1cccc(-c2cc(-c3cc(C(F)(F)F)cc(C(F)(F)F)c3)nc(Cl)n2)c1. The summed E-state index contributed by atoms with van der Waals surface area (Å²) in [5.41, 5.74) is -1.58. The van der Waals surface area contributed by atoms with Crippen LogP contribution >= 0.6 is 11.6 Å². The van der Waals surface area contributed by atoms with E-state index in [2.05, 4.69) is 9.97 Å². The van der Waals surface area contributed by atoms with E-state index in [0.717, 1.165) is 5.56 Å². The molecular weight excluding hydrogens is 406 g/mol. The van der Waals surface area contributed by atoms with Crippen molar-refractivity contribution >= 4 is 11.6 Å². The van der Waals surface area contributed by atoms with Gasteiger partial charge in [-0.25, -0.2) is 9.97 Å². The Bertz CT molecular complexity index is 995. The monoisotopic (exact) mass is 416 g/mol. The summed E-state index contributed by atoms with van der Waals surface area (Å²) in [6.07, 6.45) is -9.90. The number of hydrogen-bond acceptors (Lipinski definition) is 2. The van der Waals surface area contributed by atoms with Gasteiger partial charge in [0.05, 0.1) is 22.5 Å². The van der Waals surface area contributed by atoms with Crippen molar-refractivity contribution in [3.05, 3.63) is 70.5 Å². The normalized spacial score (nSPS) is 12.3. The molecule has 0 bridgehead atoms. The minimum absolute atomic E-state index is 0.0633. The Balaban J connectivity index is 2.20. The van der Waals surface area contributed by atoms with Gasteiger partial charge in [-0.15, -0.1) is 0 Å². The Labute approximate surface area is 160 Å². The van der Waals surface area contributed by atoms with Crippen LogP contribution in [0.15, 0.2) is 48.5 Å². The Hall–Kier alpha value is -2.61. The smallest absolute Gasteiger partial charge is 0.218 e. The third-order valence-electron chi connectivity index (χ3n) is 3.90. The molecule has 0 atom stereocenters. The molecule has 0 saturated carbocycles. The third-order valence-corrected chi connectivity index (χ3v) is 4.07. The Morgan fingerprint density at radius 2 is 1.25 bits per heavy atom. The second kappa shape index (κ2) is 7.09. The summed E-state index contributed by atoms with van der Waals surface area (Å²) in [6, 6.07) is 9.60. The molecule has 0 radical (unpaired) electrons. The fraction of sp³-hybridized carbons (Fsp3) is 0.158. The van der Waals surface area contributed by atoms with E-state index in [1.165, 1.54) is 6.07 Å². The first-order chi connectivity index (χ1) is 12.9. The molecular formula is C19H11ClF6N2. The Morgan fingerprint density at radius 1 is 0.714 bits per heavy atom. The lowest BCUT2D eigenvalue weighted by atomic mass is 10.0. The van der Waals surface area contributed by atoms with Crippen LogP contribution in [0.2, 0.25) is 5.28 Å². The van der Waals surface area contributed by atoms with Gasteiger partial charge in [-0.05, 0) is 48.9 Å². The lowest BCUT2D eigenvalue weighted by Crippen LogP contribution is -2.11. The van der Waals surface area contributed by atoms with Crippen LogP contribution in [-0.4, -0.2) is 9.97 Å². The molecule has 2 nitrogen and oxygen atoms in total. The van der Waals surface area contributed by atoms with Crippen molar-refractivity contribution in [1.82, 2.24) is 9.97 Å². The molecule has 0 fully saturated rings. The van der Waals surface area contributed by atoms with Gasteiger partial charge in [0.15, 0.2) is 0 Å². The zero-order chi connectivity index (χ0) is 20.7. The molecule has 0 spiro atoms. The fourth-order valence-electron chi connectivity index (χ4n) is 2.62. The highest BCUT2D eigenvalue weighted by Crippen LogP contribution is 2.38. The summed E-state index contributed by atoms with van der Waals surface area (Å²) < 4.78 is 78.6. The van der Waals surface area contributed by atoms with Crippen LogP contribution in [0.4, 0.5) is 26.3 Å². The zero-order valence-electron chi connectivity index (χ0n) is 14.2. The highest BCUT2D eigenvalue weighted by Gasteiger charge is 2.37. The molecule has 28 heavy (non-hydrogen) atoms. The van der Waals surface area contributed by atoms with Crippen LogP contribution in [0.5, 0.6) is 0 Å². The molecule has 0 unspecified atom stereocenters. The van der Waals surface area contributed by atoms with Crippen LogP contribution in [-0.2, 0) is 12.4 Å². The molecule has 0 aliphatic heterocycles. The Morgan fingerprint density at radius 3 is 1.75 bits per heavy atom. The summed E-state index contributed by atoms with van der Waals surface area (Å²) in [6.45, 7) is 1.83. The maximum atomic E-state index is 13.1. The predicted octanol–water partition coefficient (Wildman–Crippen LogP) is 6.81. The number of nitrogens with zero attached hydrogens (tertiary/aromatic N) is 2. The standard InChI is InChI=1S/C19H11ClF6N2/c1-10-3-2-4-11(5-10)15-9-16(28-17(20)27-15)12-6-13(18(21,22)23)8-14(7-12)19(24,25)26/h2-9H,1H3. The number of rotatable bonds is 2. The van der Waals surface area contributed by atoms with E-state index >= 15 is 0 Å². The van der Waals surface area contributed by atoms with Gasteiger partial charge >= 0.3 is 12.4 Å². The maximum absolute atomic E-state index is 13.1. The first-order valence-corrected chi connectivity index (χ1v) is 8.23. The van der Waals surface area contributed by atoms with E-state index < -0.39 is 23.5 Å². The summed E-state index contributed by atoms with van der Waals surface area (Å²) in [5.74, 6) is 0. The lowest BCUT2D eigenvalue weighted by Gasteiger charge is -2.14. The quantitative estimate of drug-likeness (QED) is 0.339. The molecule has 146 valence electrons. The molecule has 2 aromatic carbocycles. The number of alkyl halides is 6. The van der Waals surface area contributed by atoms with E-state index in [9.17, 15) is 26.3 Å². The van der Waals surface area contributed by atoms with Crippen LogP contribution in [0.3, 0.4) is 0 Å². The zero-order valence-corrected chi connectivity index (χ0v) is 14.9. The van der Waals surface area contributed by atoms with Gasteiger partial charge in [-0.1, -0.05) is 23.8 Å². The average Bonchev–Trinajstić information content (AvgIpc) is 2.59. The molecule has 3 aromatic rings. The number of aromatic nitrogens is 2. The van der Waals surface area contributed by atoms with Crippen LogP contribution in [0, 0.1) is 6.92 Å². The van der Waals surface area contributed by atoms with Crippen molar-refractivity contribution in [1.29, 1.82) is 0 Å². The molecule has 0 aliphatic rings.